The second-order valence-electron chi connectivity index (χ2n) is 6.59. The van der Waals surface area contributed by atoms with Crippen molar-refractivity contribution in [1.29, 1.82) is 5.26 Å². The number of benzene rings is 3. The van der Waals surface area contributed by atoms with Gasteiger partial charge < -0.3 is 9.64 Å². The van der Waals surface area contributed by atoms with Crippen LogP contribution in [0.3, 0.4) is 0 Å². The molecule has 0 bridgehead atoms. The second-order valence-corrected chi connectivity index (χ2v) is 6.59. The topological polar surface area (TPSA) is 53.3 Å². The van der Waals surface area contributed by atoms with Crippen molar-refractivity contribution in [1.82, 2.24) is 4.90 Å². The molecule has 29 heavy (non-hydrogen) atoms. The van der Waals surface area contributed by atoms with Gasteiger partial charge in [-0.25, -0.2) is 0 Å². The van der Waals surface area contributed by atoms with E-state index in [9.17, 15) is 4.79 Å². The monoisotopic (exact) mass is 382 g/mol. The van der Waals surface area contributed by atoms with Crippen LogP contribution < -0.4 is 4.74 Å². The SMILES string of the molecule is C=CCN(Cc1cccc(C#N)c1)C(=O)c1cccc(OCc2ccccc2)c1. The minimum absolute atomic E-state index is 0.113. The lowest BCUT2D eigenvalue weighted by molar-refractivity contribution is 0.0762. The first-order valence-electron chi connectivity index (χ1n) is 9.35. The van der Waals surface area contributed by atoms with E-state index in [2.05, 4.69) is 12.6 Å². The molecule has 0 aliphatic heterocycles. The summed E-state index contributed by atoms with van der Waals surface area (Å²) in [6.07, 6.45) is 1.70. The zero-order valence-electron chi connectivity index (χ0n) is 16.1. The first-order valence-corrected chi connectivity index (χ1v) is 9.35. The molecule has 4 nitrogen and oxygen atoms in total. The number of hydrogen-bond acceptors (Lipinski definition) is 3. The van der Waals surface area contributed by atoms with Crippen molar-refractivity contribution in [3.63, 3.8) is 0 Å². The molecule has 4 heteroatoms. The predicted molar refractivity (Wildman–Crippen MR) is 113 cm³/mol. The number of amides is 1. The zero-order chi connectivity index (χ0) is 20.5. The van der Waals surface area contributed by atoms with Gasteiger partial charge >= 0.3 is 0 Å². The van der Waals surface area contributed by atoms with E-state index in [1.54, 1.807) is 35.2 Å². The highest BCUT2D eigenvalue weighted by Gasteiger charge is 2.16. The average molecular weight is 382 g/mol. The number of hydrogen-bond donors (Lipinski definition) is 0. The summed E-state index contributed by atoms with van der Waals surface area (Å²) in [5, 5.41) is 9.09. The summed E-state index contributed by atoms with van der Waals surface area (Å²) in [4.78, 5) is 14.8. The van der Waals surface area contributed by atoms with Crippen LogP contribution in [0.2, 0.25) is 0 Å². The lowest BCUT2D eigenvalue weighted by Gasteiger charge is -2.22. The van der Waals surface area contributed by atoms with Crippen LogP contribution in [-0.4, -0.2) is 17.4 Å². The lowest BCUT2D eigenvalue weighted by atomic mass is 10.1. The number of carbonyl (C=O) groups is 1. The molecular weight excluding hydrogens is 360 g/mol. The van der Waals surface area contributed by atoms with Gasteiger partial charge in [0.05, 0.1) is 11.6 Å². The molecule has 0 saturated heterocycles. The van der Waals surface area contributed by atoms with Crippen molar-refractivity contribution >= 4 is 5.91 Å². The summed E-state index contributed by atoms with van der Waals surface area (Å²) in [6, 6.07) is 26.5. The van der Waals surface area contributed by atoms with Crippen LogP contribution in [0.5, 0.6) is 5.75 Å². The van der Waals surface area contributed by atoms with Crippen LogP contribution in [0.25, 0.3) is 0 Å². The Morgan fingerprint density at radius 1 is 1.00 bits per heavy atom. The van der Waals surface area contributed by atoms with Gasteiger partial charge in [-0.1, -0.05) is 54.6 Å². The summed E-state index contributed by atoms with van der Waals surface area (Å²) >= 11 is 0. The molecule has 0 aliphatic carbocycles. The highest BCUT2D eigenvalue weighted by atomic mass is 16.5. The zero-order valence-corrected chi connectivity index (χ0v) is 16.1. The third-order valence-corrected chi connectivity index (χ3v) is 4.40. The van der Waals surface area contributed by atoms with Crippen LogP contribution in [0.4, 0.5) is 0 Å². The van der Waals surface area contributed by atoms with Gasteiger partial charge in [-0.05, 0) is 41.5 Å². The van der Waals surface area contributed by atoms with Gasteiger partial charge in [0.2, 0.25) is 0 Å². The maximum absolute atomic E-state index is 13.1. The van der Waals surface area contributed by atoms with Gasteiger partial charge in [-0.15, -0.1) is 6.58 Å². The van der Waals surface area contributed by atoms with E-state index >= 15 is 0 Å². The van der Waals surface area contributed by atoms with Crippen molar-refractivity contribution in [2.45, 2.75) is 13.2 Å². The van der Waals surface area contributed by atoms with Gasteiger partial charge in [0.1, 0.15) is 12.4 Å². The number of rotatable bonds is 8. The third-order valence-electron chi connectivity index (χ3n) is 4.40. The summed E-state index contributed by atoms with van der Waals surface area (Å²) in [5.74, 6) is 0.530. The molecule has 3 rings (SSSR count). The number of nitriles is 1. The van der Waals surface area contributed by atoms with Crippen molar-refractivity contribution in [3.8, 4) is 11.8 Å². The molecule has 144 valence electrons. The molecule has 0 spiro atoms. The average Bonchev–Trinajstić information content (AvgIpc) is 2.78. The number of nitrogens with zero attached hydrogens (tertiary/aromatic N) is 2. The standard InChI is InChI=1S/C25H22N2O2/c1-2-14-27(18-22-11-6-10-21(15-22)17-26)25(28)23-12-7-13-24(16-23)29-19-20-8-4-3-5-9-20/h2-13,15-16H,1,14,18-19H2. The molecule has 0 heterocycles. The fraction of sp³-hybridized carbons (Fsp3) is 0.120. The number of ether oxygens (including phenoxy) is 1. The molecule has 0 N–H and O–H groups in total. The summed E-state index contributed by atoms with van der Waals surface area (Å²) < 4.78 is 5.84. The lowest BCUT2D eigenvalue weighted by Crippen LogP contribution is -2.30. The predicted octanol–water partition coefficient (Wildman–Crippen LogP) is 4.97. The Bertz CT molecular complexity index is 1020. The molecule has 0 saturated carbocycles. The van der Waals surface area contributed by atoms with Gasteiger partial charge in [0, 0.05) is 18.7 Å². The summed E-state index contributed by atoms with van der Waals surface area (Å²) in [7, 11) is 0. The van der Waals surface area contributed by atoms with Crippen molar-refractivity contribution in [2.75, 3.05) is 6.54 Å². The molecular formula is C25H22N2O2. The summed E-state index contributed by atoms with van der Waals surface area (Å²) in [6.45, 7) is 5.01. The van der Waals surface area contributed by atoms with E-state index in [0.717, 1.165) is 11.1 Å². The van der Waals surface area contributed by atoms with E-state index in [4.69, 9.17) is 10.00 Å². The highest BCUT2D eigenvalue weighted by Crippen LogP contribution is 2.18. The fourth-order valence-corrected chi connectivity index (χ4v) is 2.98. The molecule has 0 atom stereocenters. The van der Waals surface area contributed by atoms with E-state index in [1.165, 1.54) is 0 Å². The Balaban J connectivity index is 1.73. The van der Waals surface area contributed by atoms with E-state index in [1.807, 2.05) is 54.6 Å². The largest absolute Gasteiger partial charge is 0.489 e. The molecule has 1 amide bonds. The Morgan fingerprint density at radius 3 is 2.52 bits per heavy atom. The minimum atomic E-state index is -0.113. The molecule has 0 radical (unpaired) electrons. The maximum atomic E-state index is 13.1. The Labute approximate surface area is 171 Å². The Kier molecular flexibility index (Phi) is 6.80. The second kappa shape index (κ2) is 9.91. The maximum Gasteiger partial charge on any atom is 0.254 e. The van der Waals surface area contributed by atoms with Crippen LogP contribution in [0.15, 0.2) is 91.5 Å². The molecule has 0 fully saturated rings. The van der Waals surface area contributed by atoms with Crippen molar-refractivity contribution in [3.05, 3.63) is 114 Å². The third kappa shape index (κ3) is 5.57. The van der Waals surface area contributed by atoms with Crippen molar-refractivity contribution in [2.24, 2.45) is 0 Å². The quantitative estimate of drug-likeness (QED) is 0.517. The molecule has 0 aromatic heterocycles. The van der Waals surface area contributed by atoms with E-state index in [0.29, 0.717) is 36.6 Å². The van der Waals surface area contributed by atoms with Crippen LogP contribution >= 0.6 is 0 Å². The molecule has 0 aliphatic rings. The fourth-order valence-electron chi connectivity index (χ4n) is 2.98. The Morgan fingerprint density at radius 2 is 1.76 bits per heavy atom. The minimum Gasteiger partial charge on any atom is -0.489 e. The van der Waals surface area contributed by atoms with Gasteiger partial charge in [0.25, 0.3) is 5.91 Å². The van der Waals surface area contributed by atoms with Crippen LogP contribution in [0, 0.1) is 11.3 Å². The molecule has 3 aromatic rings. The normalized spacial score (nSPS) is 10.0. The van der Waals surface area contributed by atoms with Crippen LogP contribution in [-0.2, 0) is 13.2 Å². The van der Waals surface area contributed by atoms with Crippen LogP contribution in [0.1, 0.15) is 27.0 Å². The first kappa shape index (κ1) is 19.9. The first-order chi connectivity index (χ1) is 14.2. The van der Waals surface area contributed by atoms with Gasteiger partial charge in [-0.3, -0.25) is 4.79 Å². The van der Waals surface area contributed by atoms with Crippen molar-refractivity contribution < 1.29 is 9.53 Å². The Hall–Kier alpha value is -3.84. The number of carbonyl (C=O) groups excluding carboxylic acids is 1. The molecule has 0 unspecified atom stereocenters. The summed E-state index contributed by atoms with van der Waals surface area (Å²) in [5.41, 5.74) is 3.09. The smallest absolute Gasteiger partial charge is 0.254 e. The van der Waals surface area contributed by atoms with E-state index < -0.39 is 0 Å². The molecule has 3 aromatic carbocycles. The van der Waals surface area contributed by atoms with Gasteiger partial charge in [-0.2, -0.15) is 5.26 Å². The van der Waals surface area contributed by atoms with E-state index in [-0.39, 0.29) is 5.91 Å². The highest BCUT2D eigenvalue weighted by molar-refractivity contribution is 5.94. The van der Waals surface area contributed by atoms with Gasteiger partial charge in [0.15, 0.2) is 0 Å².